The Morgan fingerprint density at radius 2 is 2.00 bits per heavy atom. The SMILES string of the molecule is C=CCOCc1c(Br)ccc2ccccc12. The van der Waals surface area contributed by atoms with E-state index in [2.05, 4.69) is 46.8 Å². The highest BCUT2D eigenvalue weighted by Gasteiger charge is 2.04. The average Bonchev–Trinajstić information content (AvgIpc) is 2.32. The first-order valence-corrected chi connectivity index (χ1v) is 5.97. The van der Waals surface area contributed by atoms with Crippen LogP contribution in [0.25, 0.3) is 10.8 Å². The third kappa shape index (κ3) is 2.34. The van der Waals surface area contributed by atoms with Crippen LogP contribution in [0.4, 0.5) is 0 Å². The highest BCUT2D eigenvalue weighted by molar-refractivity contribution is 9.10. The minimum absolute atomic E-state index is 0.579. The molecule has 0 aromatic heterocycles. The molecule has 0 unspecified atom stereocenters. The van der Waals surface area contributed by atoms with E-state index in [-0.39, 0.29) is 0 Å². The monoisotopic (exact) mass is 276 g/mol. The molecular weight excluding hydrogens is 264 g/mol. The van der Waals surface area contributed by atoms with Crippen molar-refractivity contribution in [1.82, 2.24) is 0 Å². The van der Waals surface area contributed by atoms with Gasteiger partial charge in [-0.05, 0) is 22.4 Å². The van der Waals surface area contributed by atoms with Crippen LogP contribution in [0.15, 0.2) is 53.5 Å². The molecule has 0 spiro atoms. The Labute approximate surface area is 104 Å². The fourth-order valence-electron chi connectivity index (χ4n) is 1.70. The summed E-state index contributed by atoms with van der Waals surface area (Å²) in [4.78, 5) is 0. The Morgan fingerprint density at radius 1 is 1.19 bits per heavy atom. The van der Waals surface area contributed by atoms with Crippen LogP contribution in [0.5, 0.6) is 0 Å². The highest BCUT2D eigenvalue weighted by atomic mass is 79.9. The van der Waals surface area contributed by atoms with Crippen molar-refractivity contribution in [3.05, 3.63) is 59.1 Å². The molecule has 0 aliphatic heterocycles. The van der Waals surface area contributed by atoms with Crippen molar-refractivity contribution < 1.29 is 4.74 Å². The molecule has 1 nitrogen and oxygen atoms in total. The van der Waals surface area contributed by atoms with E-state index in [1.165, 1.54) is 16.3 Å². The summed E-state index contributed by atoms with van der Waals surface area (Å²) in [6.07, 6.45) is 1.76. The summed E-state index contributed by atoms with van der Waals surface area (Å²) in [6, 6.07) is 12.5. The van der Waals surface area contributed by atoms with Gasteiger partial charge in [0.1, 0.15) is 0 Å². The molecule has 2 aromatic carbocycles. The number of rotatable bonds is 4. The van der Waals surface area contributed by atoms with Crippen LogP contribution >= 0.6 is 15.9 Å². The molecule has 0 saturated heterocycles. The van der Waals surface area contributed by atoms with Crippen LogP contribution < -0.4 is 0 Å². The van der Waals surface area contributed by atoms with Crippen LogP contribution in [0, 0.1) is 0 Å². The number of fused-ring (bicyclic) bond motifs is 1. The molecular formula is C14H13BrO. The van der Waals surface area contributed by atoms with Crippen molar-refractivity contribution in [2.45, 2.75) is 6.61 Å². The molecule has 2 aromatic rings. The lowest BCUT2D eigenvalue weighted by Crippen LogP contribution is -1.95. The summed E-state index contributed by atoms with van der Waals surface area (Å²) in [7, 11) is 0. The summed E-state index contributed by atoms with van der Waals surface area (Å²) in [5, 5.41) is 2.48. The largest absolute Gasteiger partial charge is 0.373 e. The summed E-state index contributed by atoms with van der Waals surface area (Å²) < 4.78 is 6.60. The van der Waals surface area contributed by atoms with Crippen molar-refractivity contribution in [3.63, 3.8) is 0 Å². The number of halogens is 1. The lowest BCUT2D eigenvalue weighted by Gasteiger charge is -2.09. The zero-order valence-corrected chi connectivity index (χ0v) is 10.5. The molecule has 0 aliphatic carbocycles. The smallest absolute Gasteiger partial charge is 0.0738 e. The molecule has 0 saturated carbocycles. The predicted octanol–water partition coefficient (Wildman–Crippen LogP) is 4.30. The van der Waals surface area contributed by atoms with Gasteiger partial charge in [0.25, 0.3) is 0 Å². The van der Waals surface area contributed by atoms with Gasteiger partial charge in [-0.15, -0.1) is 6.58 Å². The normalized spacial score (nSPS) is 10.6. The Morgan fingerprint density at radius 3 is 2.81 bits per heavy atom. The third-order valence-corrected chi connectivity index (χ3v) is 3.21. The van der Waals surface area contributed by atoms with Gasteiger partial charge < -0.3 is 4.74 Å². The Kier molecular flexibility index (Phi) is 3.75. The van der Waals surface area contributed by atoms with Gasteiger partial charge in [-0.1, -0.05) is 52.3 Å². The minimum atomic E-state index is 0.579. The molecule has 0 atom stereocenters. The zero-order valence-electron chi connectivity index (χ0n) is 8.95. The van der Waals surface area contributed by atoms with Crippen LogP contribution in [0.1, 0.15) is 5.56 Å². The second-order valence-corrected chi connectivity index (χ2v) is 4.41. The van der Waals surface area contributed by atoms with E-state index in [1.54, 1.807) is 6.08 Å². The minimum Gasteiger partial charge on any atom is -0.373 e. The van der Waals surface area contributed by atoms with Gasteiger partial charge >= 0.3 is 0 Å². The number of benzene rings is 2. The van der Waals surface area contributed by atoms with Crippen molar-refractivity contribution in [3.8, 4) is 0 Å². The molecule has 0 radical (unpaired) electrons. The molecule has 0 fully saturated rings. The molecule has 0 amide bonds. The maximum atomic E-state index is 5.51. The van der Waals surface area contributed by atoms with Crippen LogP contribution in [-0.4, -0.2) is 6.61 Å². The van der Waals surface area contributed by atoms with E-state index < -0.39 is 0 Å². The first-order chi connectivity index (χ1) is 7.83. The fourth-order valence-corrected chi connectivity index (χ4v) is 2.16. The maximum Gasteiger partial charge on any atom is 0.0738 e. The summed E-state index contributed by atoms with van der Waals surface area (Å²) in [5.41, 5.74) is 1.19. The highest BCUT2D eigenvalue weighted by Crippen LogP contribution is 2.27. The van der Waals surface area contributed by atoms with E-state index in [0.717, 1.165) is 4.47 Å². The van der Waals surface area contributed by atoms with Gasteiger partial charge in [-0.25, -0.2) is 0 Å². The average molecular weight is 277 g/mol. The van der Waals surface area contributed by atoms with E-state index in [0.29, 0.717) is 13.2 Å². The number of ether oxygens (including phenoxy) is 1. The van der Waals surface area contributed by atoms with Gasteiger partial charge in [-0.3, -0.25) is 0 Å². The maximum absolute atomic E-state index is 5.51. The first kappa shape index (κ1) is 11.4. The lowest BCUT2D eigenvalue weighted by molar-refractivity contribution is 0.149. The molecule has 0 heterocycles. The molecule has 82 valence electrons. The van der Waals surface area contributed by atoms with E-state index in [9.17, 15) is 0 Å². The van der Waals surface area contributed by atoms with Crippen LogP contribution in [-0.2, 0) is 11.3 Å². The molecule has 0 N–H and O–H groups in total. The first-order valence-electron chi connectivity index (χ1n) is 5.17. The standard InChI is InChI=1S/C14H13BrO/c1-2-9-16-10-13-12-6-4-3-5-11(12)7-8-14(13)15/h2-8H,1,9-10H2. The Hall–Kier alpha value is -1.12. The van der Waals surface area contributed by atoms with Crippen LogP contribution in [0.2, 0.25) is 0 Å². The van der Waals surface area contributed by atoms with Gasteiger partial charge in [0, 0.05) is 4.47 Å². The van der Waals surface area contributed by atoms with Gasteiger partial charge in [0.05, 0.1) is 13.2 Å². The molecule has 0 aliphatic rings. The topological polar surface area (TPSA) is 9.23 Å². The van der Waals surface area contributed by atoms with Crippen molar-refractivity contribution in [1.29, 1.82) is 0 Å². The Balaban J connectivity index is 2.40. The number of hydrogen-bond acceptors (Lipinski definition) is 1. The Bertz CT molecular complexity index is 505. The quantitative estimate of drug-likeness (QED) is 0.598. The second kappa shape index (κ2) is 5.28. The van der Waals surface area contributed by atoms with E-state index in [1.807, 2.05) is 12.1 Å². The summed E-state index contributed by atoms with van der Waals surface area (Å²) in [6.45, 7) is 4.82. The predicted molar refractivity (Wildman–Crippen MR) is 71.5 cm³/mol. The summed E-state index contributed by atoms with van der Waals surface area (Å²) in [5.74, 6) is 0. The van der Waals surface area contributed by atoms with Crippen molar-refractivity contribution in [2.24, 2.45) is 0 Å². The molecule has 2 rings (SSSR count). The van der Waals surface area contributed by atoms with Crippen LogP contribution in [0.3, 0.4) is 0 Å². The molecule has 16 heavy (non-hydrogen) atoms. The van der Waals surface area contributed by atoms with Gasteiger partial charge in [0.15, 0.2) is 0 Å². The molecule has 0 bridgehead atoms. The van der Waals surface area contributed by atoms with E-state index in [4.69, 9.17) is 4.74 Å². The summed E-state index contributed by atoms with van der Waals surface area (Å²) >= 11 is 3.56. The van der Waals surface area contributed by atoms with E-state index >= 15 is 0 Å². The zero-order chi connectivity index (χ0) is 11.4. The van der Waals surface area contributed by atoms with Gasteiger partial charge in [-0.2, -0.15) is 0 Å². The third-order valence-electron chi connectivity index (χ3n) is 2.47. The second-order valence-electron chi connectivity index (χ2n) is 3.55. The fraction of sp³-hybridized carbons (Fsp3) is 0.143. The molecule has 2 heteroatoms. The number of hydrogen-bond donors (Lipinski definition) is 0. The van der Waals surface area contributed by atoms with Crippen molar-refractivity contribution in [2.75, 3.05) is 6.61 Å². The lowest BCUT2D eigenvalue weighted by atomic mass is 10.1. The van der Waals surface area contributed by atoms with Crippen molar-refractivity contribution >= 4 is 26.7 Å². The van der Waals surface area contributed by atoms with Gasteiger partial charge in [0.2, 0.25) is 0 Å².